The second-order valence-electron chi connectivity index (χ2n) is 9.01. The monoisotopic (exact) mass is 414 g/mol. The van der Waals surface area contributed by atoms with Gasteiger partial charge in [0.15, 0.2) is 0 Å². The Morgan fingerprint density at radius 2 is 1.74 bits per heavy atom. The van der Waals surface area contributed by atoms with Crippen LogP contribution in [0, 0.1) is 5.92 Å². The van der Waals surface area contributed by atoms with Crippen LogP contribution < -0.4 is 5.32 Å². The molecular formula is C26H30N4O. The van der Waals surface area contributed by atoms with Gasteiger partial charge in [-0.05, 0) is 55.9 Å². The first-order valence-corrected chi connectivity index (χ1v) is 11.6. The molecule has 0 atom stereocenters. The summed E-state index contributed by atoms with van der Waals surface area (Å²) in [6, 6.07) is 13.9. The molecule has 31 heavy (non-hydrogen) atoms. The summed E-state index contributed by atoms with van der Waals surface area (Å²) in [5.74, 6) is 0.893. The number of nitrogens with zero attached hydrogens (tertiary/aromatic N) is 3. The van der Waals surface area contributed by atoms with E-state index < -0.39 is 0 Å². The summed E-state index contributed by atoms with van der Waals surface area (Å²) in [6.45, 7) is 3.41. The van der Waals surface area contributed by atoms with Crippen molar-refractivity contribution >= 4 is 16.8 Å². The van der Waals surface area contributed by atoms with Crippen molar-refractivity contribution in [2.45, 2.75) is 44.6 Å². The van der Waals surface area contributed by atoms with Gasteiger partial charge in [-0.3, -0.25) is 9.78 Å². The molecule has 2 aromatic heterocycles. The fourth-order valence-corrected chi connectivity index (χ4v) is 5.11. The van der Waals surface area contributed by atoms with Gasteiger partial charge in [-0.1, -0.05) is 31.0 Å². The summed E-state index contributed by atoms with van der Waals surface area (Å²) in [5, 5.41) is 4.21. The van der Waals surface area contributed by atoms with Gasteiger partial charge in [-0.2, -0.15) is 0 Å². The van der Waals surface area contributed by atoms with Gasteiger partial charge in [0, 0.05) is 49.0 Å². The van der Waals surface area contributed by atoms with E-state index in [1.807, 2.05) is 42.5 Å². The highest BCUT2D eigenvalue weighted by molar-refractivity contribution is 6.07. The number of carbonyl (C=O) groups excluding carboxylic acids is 1. The standard InChI is InChI=1S/C26H30N4O/c31-26(28-21-11-15-30(16-12-21)18-19-5-1-2-6-19)23-17-25(20-9-13-27-14-10-20)29-24-8-4-3-7-22(23)24/h3-4,7-10,13-14,17,19,21H,1-2,5-6,11-12,15-16,18H2,(H,28,31). The normalized spacial score (nSPS) is 18.5. The van der Waals surface area contributed by atoms with Crippen molar-refractivity contribution in [1.82, 2.24) is 20.2 Å². The molecule has 5 heteroatoms. The topological polar surface area (TPSA) is 58.1 Å². The molecule has 1 aliphatic carbocycles. The Bertz CT molecular complexity index is 1040. The Balaban J connectivity index is 1.30. The lowest BCUT2D eigenvalue weighted by Crippen LogP contribution is -2.45. The number of hydrogen-bond donors (Lipinski definition) is 1. The number of aromatic nitrogens is 2. The third-order valence-corrected chi connectivity index (χ3v) is 6.85. The number of para-hydroxylation sites is 1. The summed E-state index contributed by atoms with van der Waals surface area (Å²) in [7, 11) is 0. The second kappa shape index (κ2) is 9.15. The molecule has 0 unspecified atom stereocenters. The fourth-order valence-electron chi connectivity index (χ4n) is 5.11. The lowest BCUT2D eigenvalue weighted by atomic mass is 10.0. The third kappa shape index (κ3) is 4.62. The minimum atomic E-state index is 0.00292. The highest BCUT2D eigenvalue weighted by Gasteiger charge is 2.25. The van der Waals surface area contributed by atoms with Crippen molar-refractivity contribution in [3.05, 3.63) is 60.4 Å². The molecule has 5 rings (SSSR count). The Labute approximate surface area is 183 Å². The predicted octanol–water partition coefficient (Wildman–Crippen LogP) is 4.68. The zero-order valence-electron chi connectivity index (χ0n) is 18.0. The average molecular weight is 415 g/mol. The maximum absolute atomic E-state index is 13.3. The molecule has 0 bridgehead atoms. The average Bonchev–Trinajstić information content (AvgIpc) is 3.33. The van der Waals surface area contributed by atoms with E-state index in [0.29, 0.717) is 5.56 Å². The van der Waals surface area contributed by atoms with E-state index in [4.69, 9.17) is 4.98 Å². The molecule has 3 heterocycles. The van der Waals surface area contributed by atoms with Gasteiger partial charge < -0.3 is 10.2 Å². The second-order valence-corrected chi connectivity index (χ2v) is 9.01. The van der Waals surface area contributed by atoms with Crippen molar-refractivity contribution in [2.75, 3.05) is 19.6 Å². The van der Waals surface area contributed by atoms with Crippen LogP contribution in [0.2, 0.25) is 0 Å². The van der Waals surface area contributed by atoms with E-state index >= 15 is 0 Å². The van der Waals surface area contributed by atoms with E-state index in [9.17, 15) is 4.79 Å². The first-order valence-electron chi connectivity index (χ1n) is 11.6. The molecule has 1 aromatic carbocycles. The molecule has 0 radical (unpaired) electrons. The lowest BCUT2D eigenvalue weighted by molar-refractivity contribution is 0.0907. The third-order valence-electron chi connectivity index (χ3n) is 6.85. The number of piperidine rings is 1. The fraction of sp³-hybridized carbons (Fsp3) is 0.423. The first kappa shape index (κ1) is 20.1. The Kier molecular flexibility index (Phi) is 5.94. The van der Waals surface area contributed by atoms with Crippen LogP contribution in [0.5, 0.6) is 0 Å². The summed E-state index contributed by atoms with van der Waals surface area (Å²) in [6.07, 6.45) is 11.2. The molecule has 160 valence electrons. The van der Waals surface area contributed by atoms with Gasteiger partial charge in [0.25, 0.3) is 5.91 Å². The largest absolute Gasteiger partial charge is 0.349 e. The molecule has 1 saturated heterocycles. The molecule has 1 N–H and O–H groups in total. The van der Waals surface area contributed by atoms with Gasteiger partial charge in [-0.25, -0.2) is 4.98 Å². The number of pyridine rings is 2. The van der Waals surface area contributed by atoms with E-state index in [0.717, 1.165) is 54.0 Å². The molecular weight excluding hydrogens is 384 g/mol. The zero-order valence-corrected chi connectivity index (χ0v) is 18.0. The van der Waals surface area contributed by atoms with Crippen LogP contribution in [0.3, 0.4) is 0 Å². The quantitative estimate of drug-likeness (QED) is 0.659. The molecule has 5 nitrogen and oxygen atoms in total. The molecule has 1 aliphatic heterocycles. The van der Waals surface area contributed by atoms with Crippen molar-refractivity contribution in [3.63, 3.8) is 0 Å². The number of rotatable bonds is 5. The number of hydrogen-bond acceptors (Lipinski definition) is 4. The number of fused-ring (bicyclic) bond motifs is 1. The SMILES string of the molecule is O=C(NC1CCN(CC2CCCC2)CC1)c1cc(-c2ccncc2)nc2ccccc12. The van der Waals surface area contributed by atoms with Crippen LogP contribution in [-0.2, 0) is 0 Å². The van der Waals surface area contributed by atoms with Gasteiger partial charge in [0.1, 0.15) is 0 Å². The molecule has 1 amide bonds. The highest BCUT2D eigenvalue weighted by atomic mass is 16.1. The summed E-state index contributed by atoms with van der Waals surface area (Å²) < 4.78 is 0. The van der Waals surface area contributed by atoms with E-state index in [2.05, 4.69) is 15.2 Å². The lowest BCUT2D eigenvalue weighted by Gasteiger charge is -2.34. The maximum atomic E-state index is 13.3. The Morgan fingerprint density at radius 3 is 2.52 bits per heavy atom. The maximum Gasteiger partial charge on any atom is 0.252 e. The highest BCUT2D eigenvalue weighted by Crippen LogP contribution is 2.27. The Morgan fingerprint density at radius 1 is 1.00 bits per heavy atom. The van der Waals surface area contributed by atoms with Crippen LogP contribution in [0.25, 0.3) is 22.2 Å². The van der Waals surface area contributed by atoms with Crippen LogP contribution in [0.15, 0.2) is 54.9 Å². The molecule has 3 aromatic rings. The minimum absolute atomic E-state index is 0.00292. The summed E-state index contributed by atoms with van der Waals surface area (Å²) >= 11 is 0. The summed E-state index contributed by atoms with van der Waals surface area (Å²) in [4.78, 5) is 24.8. The smallest absolute Gasteiger partial charge is 0.252 e. The number of likely N-dealkylation sites (tertiary alicyclic amines) is 1. The van der Waals surface area contributed by atoms with Crippen LogP contribution >= 0.6 is 0 Å². The van der Waals surface area contributed by atoms with Crippen molar-refractivity contribution < 1.29 is 4.79 Å². The summed E-state index contributed by atoms with van der Waals surface area (Å²) in [5.41, 5.74) is 3.31. The Hall–Kier alpha value is -2.79. The van der Waals surface area contributed by atoms with Gasteiger partial charge >= 0.3 is 0 Å². The van der Waals surface area contributed by atoms with Crippen LogP contribution in [0.4, 0.5) is 0 Å². The number of amides is 1. The van der Waals surface area contributed by atoms with Crippen molar-refractivity contribution in [2.24, 2.45) is 5.92 Å². The van der Waals surface area contributed by atoms with E-state index in [1.54, 1.807) is 12.4 Å². The molecule has 1 saturated carbocycles. The zero-order chi connectivity index (χ0) is 21.0. The van der Waals surface area contributed by atoms with Crippen LogP contribution in [0.1, 0.15) is 48.9 Å². The molecule has 2 aliphatic rings. The van der Waals surface area contributed by atoms with E-state index in [1.165, 1.54) is 32.2 Å². The number of benzene rings is 1. The van der Waals surface area contributed by atoms with Crippen molar-refractivity contribution in [3.8, 4) is 11.3 Å². The minimum Gasteiger partial charge on any atom is -0.349 e. The number of nitrogens with one attached hydrogen (secondary N) is 1. The predicted molar refractivity (Wildman–Crippen MR) is 124 cm³/mol. The molecule has 0 spiro atoms. The first-order chi connectivity index (χ1) is 15.3. The van der Waals surface area contributed by atoms with Gasteiger partial charge in [-0.15, -0.1) is 0 Å². The number of carbonyl (C=O) groups is 1. The van der Waals surface area contributed by atoms with Gasteiger partial charge in [0.2, 0.25) is 0 Å². The molecule has 2 fully saturated rings. The van der Waals surface area contributed by atoms with Crippen molar-refractivity contribution in [1.29, 1.82) is 0 Å². The van der Waals surface area contributed by atoms with Gasteiger partial charge in [0.05, 0.1) is 16.8 Å². The van der Waals surface area contributed by atoms with Crippen LogP contribution in [-0.4, -0.2) is 46.5 Å². The van der Waals surface area contributed by atoms with E-state index in [-0.39, 0.29) is 11.9 Å².